The van der Waals surface area contributed by atoms with E-state index in [2.05, 4.69) is 21.2 Å². The van der Waals surface area contributed by atoms with Crippen LogP contribution in [0.25, 0.3) is 6.08 Å². The summed E-state index contributed by atoms with van der Waals surface area (Å²) in [6, 6.07) is 14.9. The van der Waals surface area contributed by atoms with Crippen LogP contribution < -0.4 is 10.2 Å². The molecule has 3 aromatic rings. The number of nitrogens with zero attached hydrogens (tertiary/aromatic N) is 1. The number of rotatable bonds is 4. The van der Waals surface area contributed by atoms with Crippen LogP contribution in [0.2, 0.25) is 5.02 Å². The molecule has 0 atom stereocenters. The van der Waals surface area contributed by atoms with E-state index in [9.17, 15) is 14.4 Å². The summed E-state index contributed by atoms with van der Waals surface area (Å²) >= 11 is 10.7. The van der Waals surface area contributed by atoms with Gasteiger partial charge in [-0.15, -0.1) is 0 Å². The number of furan rings is 1. The molecule has 1 aromatic heterocycles. The number of hydrogen-bond donors (Lipinski definition) is 1. The number of hydrogen-bond acceptors (Lipinski definition) is 5. The van der Waals surface area contributed by atoms with Crippen molar-refractivity contribution >= 4 is 68.9 Å². The Bertz CT molecular complexity index is 1220. The second-order valence-corrected chi connectivity index (χ2v) is 8.97. The molecule has 0 bridgehead atoms. The zero-order valence-corrected chi connectivity index (χ0v) is 19.2. The highest BCUT2D eigenvalue weighted by atomic mass is 79.9. The fourth-order valence-electron chi connectivity index (χ4n) is 2.85. The van der Waals surface area contributed by atoms with E-state index >= 15 is 0 Å². The maximum Gasteiger partial charge on any atom is 0.335 e. The normalized spacial score (nSPS) is 15.5. The third-order valence-electron chi connectivity index (χ3n) is 4.38. The van der Waals surface area contributed by atoms with Crippen molar-refractivity contribution in [2.75, 3.05) is 4.90 Å². The van der Waals surface area contributed by atoms with Crippen LogP contribution in [-0.4, -0.2) is 17.8 Å². The lowest BCUT2D eigenvalue weighted by molar-refractivity contribution is -0.122. The summed E-state index contributed by atoms with van der Waals surface area (Å²) < 4.78 is 6.50. The summed E-state index contributed by atoms with van der Waals surface area (Å²) in [4.78, 5) is 39.4. The van der Waals surface area contributed by atoms with Crippen molar-refractivity contribution in [1.29, 1.82) is 0 Å². The third-order valence-corrected chi connectivity index (χ3v) is 6.48. The molecule has 0 unspecified atom stereocenters. The van der Waals surface area contributed by atoms with E-state index in [0.29, 0.717) is 26.0 Å². The van der Waals surface area contributed by atoms with Crippen molar-refractivity contribution in [2.45, 2.75) is 16.9 Å². The Morgan fingerprint density at radius 1 is 1.06 bits per heavy atom. The SMILES string of the molecule is Cc1ccc(Sc2oc(/C=C3/C(=O)NC(=O)N(c4ccc(Cl)cc4)C3=O)cc2Br)cc1. The number of carbonyl (C=O) groups excluding carboxylic acids is 3. The number of imide groups is 2. The van der Waals surface area contributed by atoms with Crippen LogP contribution in [0.15, 0.2) is 79.0 Å². The lowest BCUT2D eigenvalue weighted by Crippen LogP contribution is -2.54. The van der Waals surface area contributed by atoms with Gasteiger partial charge in [0, 0.05) is 9.92 Å². The van der Waals surface area contributed by atoms with Gasteiger partial charge in [0.25, 0.3) is 11.8 Å². The van der Waals surface area contributed by atoms with Crippen LogP contribution in [0.1, 0.15) is 11.3 Å². The highest BCUT2D eigenvalue weighted by Gasteiger charge is 2.37. The fraction of sp³-hybridized carbons (Fsp3) is 0.0455. The van der Waals surface area contributed by atoms with E-state index in [-0.39, 0.29) is 5.57 Å². The van der Waals surface area contributed by atoms with Gasteiger partial charge in [-0.25, -0.2) is 9.69 Å². The number of halogens is 2. The summed E-state index contributed by atoms with van der Waals surface area (Å²) in [7, 11) is 0. The Morgan fingerprint density at radius 2 is 1.74 bits per heavy atom. The molecule has 6 nitrogen and oxygen atoms in total. The van der Waals surface area contributed by atoms with Crippen LogP contribution in [0.5, 0.6) is 0 Å². The van der Waals surface area contributed by atoms with Crippen molar-refractivity contribution in [2.24, 2.45) is 0 Å². The molecule has 2 aromatic carbocycles. The van der Waals surface area contributed by atoms with E-state index in [0.717, 1.165) is 15.4 Å². The molecule has 156 valence electrons. The first kappa shape index (κ1) is 21.4. The Kier molecular flexibility index (Phi) is 6.04. The van der Waals surface area contributed by atoms with Gasteiger partial charge in [0.2, 0.25) is 0 Å². The van der Waals surface area contributed by atoms with Gasteiger partial charge in [0.1, 0.15) is 11.3 Å². The van der Waals surface area contributed by atoms with Crippen molar-refractivity contribution in [3.05, 3.63) is 81.0 Å². The molecule has 0 aliphatic carbocycles. The third kappa shape index (κ3) is 4.61. The van der Waals surface area contributed by atoms with E-state index in [1.807, 2.05) is 31.2 Å². The second-order valence-electron chi connectivity index (χ2n) is 6.63. The number of carbonyl (C=O) groups is 3. The molecule has 1 fully saturated rings. The Balaban J connectivity index is 1.63. The number of urea groups is 1. The smallest absolute Gasteiger partial charge is 0.335 e. The van der Waals surface area contributed by atoms with Crippen molar-refractivity contribution < 1.29 is 18.8 Å². The summed E-state index contributed by atoms with van der Waals surface area (Å²) in [5.41, 5.74) is 1.22. The highest BCUT2D eigenvalue weighted by Crippen LogP contribution is 2.37. The van der Waals surface area contributed by atoms with Crippen LogP contribution in [0.4, 0.5) is 10.5 Å². The van der Waals surface area contributed by atoms with Gasteiger partial charge in [-0.2, -0.15) is 0 Å². The predicted octanol–water partition coefficient (Wildman–Crippen LogP) is 5.82. The van der Waals surface area contributed by atoms with E-state index in [1.165, 1.54) is 30.0 Å². The predicted molar refractivity (Wildman–Crippen MR) is 122 cm³/mol. The van der Waals surface area contributed by atoms with Crippen molar-refractivity contribution in [3.8, 4) is 0 Å². The minimum Gasteiger partial charge on any atom is -0.449 e. The van der Waals surface area contributed by atoms with Crippen LogP contribution in [0, 0.1) is 6.92 Å². The number of barbiturate groups is 1. The second kappa shape index (κ2) is 8.74. The molecule has 4 rings (SSSR count). The molecule has 2 heterocycles. The first-order valence-corrected chi connectivity index (χ1v) is 11.0. The van der Waals surface area contributed by atoms with Crippen molar-refractivity contribution in [1.82, 2.24) is 5.32 Å². The largest absolute Gasteiger partial charge is 0.449 e. The first-order valence-electron chi connectivity index (χ1n) is 9.03. The highest BCUT2D eigenvalue weighted by molar-refractivity contribution is 9.10. The molecule has 1 aliphatic rings. The number of nitrogens with one attached hydrogen (secondary N) is 1. The molecule has 1 saturated heterocycles. The number of benzene rings is 2. The van der Waals surface area contributed by atoms with Gasteiger partial charge in [0.05, 0.1) is 10.2 Å². The van der Waals surface area contributed by atoms with E-state index in [4.69, 9.17) is 16.0 Å². The van der Waals surface area contributed by atoms with Gasteiger partial charge >= 0.3 is 6.03 Å². The minimum absolute atomic E-state index is 0.220. The van der Waals surface area contributed by atoms with E-state index < -0.39 is 17.8 Å². The Morgan fingerprint density at radius 3 is 2.42 bits per heavy atom. The first-order chi connectivity index (χ1) is 14.8. The molecule has 4 amide bonds. The molecule has 0 spiro atoms. The molecular weight excluding hydrogens is 504 g/mol. The Labute approximate surface area is 195 Å². The molecule has 31 heavy (non-hydrogen) atoms. The van der Waals surface area contributed by atoms with Gasteiger partial charge in [-0.1, -0.05) is 41.1 Å². The van der Waals surface area contributed by atoms with Crippen LogP contribution in [-0.2, 0) is 9.59 Å². The quantitative estimate of drug-likeness (QED) is 0.348. The maximum absolute atomic E-state index is 12.9. The maximum atomic E-state index is 12.9. The number of anilines is 1. The molecule has 1 N–H and O–H groups in total. The van der Waals surface area contributed by atoms with Gasteiger partial charge in [-0.3, -0.25) is 14.9 Å². The average Bonchev–Trinajstić information content (AvgIpc) is 3.07. The zero-order chi connectivity index (χ0) is 22.1. The van der Waals surface area contributed by atoms with Crippen molar-refractivity contribution in [3.63, 3.8) is 0 Å². The molecular formula is C22H14BrClN2O4S. The monoisotopic (exact) mass is 516 g/mol. The van der Waals surface area contributed by atoms with Crippen LogP contribution >= 0.6 is 39.3 Å². The molecule has 0 radical (unpaired) electrons. The standard InChI is InChI=1S/C22H14BrClN2O4S/c1-12-2-8-16(9-3-12)31-21-18(23)11-15(30-21)10-17-19(27)25-22(29)26(20(17)28)14-6-4-13(24)5-7-14/h2-11H,1H3,(H,25,27,29)/b17-10-. The lowest BCUT2D eigenvalue weighted by atomic mass is 10.1. The topological polar surface area (TPSA) is 79.6 Å². The summed E-state index contributed by atoms with van der Waals surface area (Å²) in [6.07, 6.45) is 1.32. The van der Waals surface area contributed by atoms with Gasteiger partial charge in [0.15, 0.2) is 5.09 Å². The average molecular weight is 518 g/mol. The van der Waals surface area contributed by atoms with Gasteiger partial charge < -0.3 is 4.42 Å². The van der Waals surface area contributed by atoms with Gasteiger partial charge in [-0.05, 0) is 71.4 Å². The lowest BCUT2D eigenvalue weighted by Gasteiger charge is -2.26. The molecule has 1 aliphatic heterocycles. The minimum atomic E-state index is -0.828. The Hall–Kier alpha value is -2.81. The fourth-order valence-corrected chi connectivity index (χ4v) is 4.30. The summed E-state index contributed by atoms with van der Waals surface area (Å²) in [5.74, 6) is -1.25. The summed E-state index contributed by atoms with van der Waals surface area (Å²) in [5, 5.41) is 3.21. The zero-order valence-electron chi connectivity index (χ0n) is 16.0. The number of amides is 4. The van der Waals surface area contributed by atoms with E-state index in [1.54, 1.807) is 18.2 Å². The molecule has 9 heteroatoms. The number of aryl methyl sites for hydroxylation is 1. The summed E-state index contributed by atoms with van der Waals surface area (Å²) in [6.45, 7) is 2.01. The molecule has 0 saturated carbocycles. The van der Waals surface area contributed by atoms with Crippen LogP contribution in [0.3, 0.4) is 0 Å².